The monoisotopic (exact) mass is 246 g/mol. The molecular formula is C16H22O2. The fourth-order valence-electron chi connectivity index (χ4n) is 1.68. The van der Waals surface area contributed by atoms with E-state index in [0.717, 1.165) is 30.8 Å². The van der Waals surface area contributed by atoms with Crippen LogP contribution >= 0.6 is 0 Å². The summed E-state index contributed by atoms with van der Waals surface area (Å²) in [6.45, 7) is 4.36. The maximum atomic E-state index is 11.1. The molecule has 18 heavy (non-hydrogen) atoms. The van der Waals surface area contributed by atoms with Crippen molar-refractivity contribution in [1.82, 2.24) is 0 Å². The summed E-state index contributed by atoms with van der Waals surface area (Å²) in [5, 5.41) is 0. The molecule has 0 saturated carbocycles. The Hall–Kier alpha value is -1.57. The Morgan fingerprint density at radius 2 is 1.89 bits per heavy atom. The summed E-state index contributed by atoms with van der Waals surface area (Å²) in [5.41, 5.74) is 0.730. The summed E-state index contributed by atoms with van der Waals surface area (Å²) in [7, 11) is 0. The number of hydrogen-bond acceptors (Lipinski definition) is 2. The number of ether oxygens (including phenoxy) is 1. The van der Waals surface area contributed by atoms with Crippen LogP contribution in [0, 0.1) is 0 Å². The Morgan fingerprint density at radius 3 is 2.50 bits per heavy atom. The molecule has 0 aliphatic carbocycles. The van der Waals surface area contributed by atoms with Gasteiger partial charge in [-0.3, -0.25) is 4.79 Å². The van der Waals surface area contributed by atoms with Crippen LogP contribution in [0.5, 0.6) is 5.75 Å². The SMILES string of the molecule is C/C=C\CCCCCOc1ccc(C(C)=O)cc1. The number of benzene rings is 1. The molecule has 98 valence electrons. The van der Waals surface area contributed by atoms with Gasteiger partial charge in [0.05, 0.1) is 6.61 Å². The van der Waals surface area contributed by atoms with Crippen LogP contribution in [-0.4, -0.2) is 12.4 Å². The van der Waals surface area contributed by atoms with Crippen molar-refractivity contribution in [1.29, 1.82) is 0 Å². The maximum absolute atomic E-state index is 11.1. The van der Waals surface area contributed by atoms with E-state index in [1.165, 1.54) is 12.8 Å². The molecule has 0 amide bonds. The minimum absolute atomic E-state index is 0.0885. The molecule has 0 aliphatic heterocycles. The summed E-state index contributed by atoms with van der Waals surface area (Å²) in [4.78, 5) is 11.1. The van der Waals surface area contributed by atoms with Gasteiger partial charge < -0.3 is 4.74 Å². The summed E-state index contributed by atoms with van der Waals surface area (Å²) in [6, 6.07) is 7.33. The first-order valence-corrected chi connectivity index (χ1v) is 6.59. The van der Waals surface area contributed by atoms with Crippen molar-refractivity contribution in [3.8, 4) is 5.75 Å². The smallest absolute Gasteiger partial charge is 0.159 e. The normalized spacial score (nSPS) is 10.8. The van der Waals surface area contributed by atoms with Crippen molar-refractivity contribution in [3.05, 3.63) is 42.0 Å². The fourth-order valence-corrected chi connectivity index (χ4v) is 1.68. The van der Waals surface area contributed by atoms with Crippen molar-refractivity contribution in [3.63, 3.8) is 0 Å². The molecule has 0 bridgehead atoms. The van der Waals surface area contributed by atoms with Crippen molar-refractivity contribution < 1.29 is 9.53 Å². The zero-order chi connectivity index (χ0) is 13.2. The van der Waals surface area contributed by atoms with Crippen LogP contribution in [0.4, 0.5) is 0 Å². The third kappa shape index (κ3) is 5.67. The van der Waals surface area contributed by atoms with Crippen molar-refractivity contribution >= 4 is 5.78 Å². The number of allylic oxidation sites excluding steroid dienone is 2. The van der Waals surface area contributed by atoms with Gasteiger partial charge in [0.2, 0.25) is 0 Å². The van der Waals surface area contributed by atoms with Crippen molar-refractivity contribution in [2.24, 2.45) is 0 Å². The number of ketones is 1. The number of unbranched alkanes of at least 4 members (excludes halogenated alkanes) is 3. The molecule has 1 aromatic rings. The molecule has 0 spiro atoms. The zero-order valence-electron chi connectivity index (χ0n) is 11.3. The summed E-state index contributed by atoms with van der Waals surface area (Å²) in [6.07, 6.45) is 8.93. The van der Waals surface area contributed by atoms with Gasteiger partial charge in [-0.1, -0.05) is 12.2 Å². The van der Waals surface area contributed by atoms with Crippen molar-refractivity contribution in [2.45, 2.75) is 39.5 Å². The number of rotatable bonds is 8. The fraction of sp³-hybridized carbons (Fsp3) is 0.438. The molecular weight excluding hydrogens is 224 g/mol. The molecule has 1 aromatic carbocycles. The third-order valence-corrected chi connectivity index (χ3v) is 2.78. The lowest BCUT2D eigenvalue weighted by atomic mass is 10.1. The van der Waals surface area contributed by atoms with E-state index in [1.807, 2.05) is 31.2 Å². The van der Waals surface area contributed by atoms with E-state index in [2.05, 4.69) is 12.2 Å². The van der Waals surface area contributed by atoms with Crippen LogP contribution in [-0.2, 0) is 0 Å². The molecule has 0 atom stereocenters. The highest BCUT2D eigenvalue weighted by atomic mass is 16.5. The highest BCUT2D eigenvalue weighted by molar-refractivity contribution is 5.94. The van der Waals surface area contributed by atoms with Gasteiger partial charge in [0.15, 0.2) is 5.78 Å². The molecule has 0 saturated heterocycles. The molecule has 0 aromatic heterocycles. The van der Waals surface area contributed by atoms with E-state index in [-0.39, 0.29) is 5.78 Å². The number of hydrogen-bond donors (Lipinski definition) is 0. The minimum Gasteiger partial charge on any atom is -0.494 e. The molecule has 0 fully saturated rings. The second-order valence-corrected chi connectivity index (χ2v) is 4.35. The number of carbonyl (C=O) groups excluding carboxylic acids is 1. The van der Waals surface area contributed by atoms with E-state index in [1.54, 1.807) is 6.92 Å². The number of carbonyl (C=O) groups is 1. The van der Waals surface area contributed by atoms with Crippen LogP contribution in [0.25, 0.3) is 0 Å². The largest absolute Gasteiger partial charge is 0.494 e. The molecule has 2 nitrogen and oxygen atoms in total. The summed E-state index contributed by atoms with van der Waals surface area (Å²) >= 11 is 0. The first-order valence-electron chi connectivity index (χ1n) is 6.59. The average molecular weight is 246 g/mol. The average Bonchev–Trinajstić information content (AvgIpc) is 2.38. The van der Waals surface area contributed by atoms with Gasteiger partial charge in [-0.15, -0.1) is 0 Å². The molecule has 0 heterocycles. The van der Waals surface area contributed by atoms with Gasteiger partial charge in [0, 0.05) is 5.56 Å². The van der Waals surface area contributed by atoms with Gasteiger partial charge in [-0.25, -0.2) is 0 Å². The minimum atomic E-state index is 0.0885. The highest BCUT2D eigenvalue weighted by Gasteiger charge is 1.99. The molecule has 0 radical (unpaired) electrons. The van der Waals surface area contributed by atoms with Gasteiger partial charge in [-0.05, 0) is 63.8 Å². The summed E-state index contributed by atoms with van der Waals surface area (Å²) < 4.78 is 5.62. The Bertz CT molecular complexity index is 377. The van der Waals surface area contributed by atoms with Gasteiger partial charge in [0.1, 0.15) is 5.75 Å². The van der Waals surface area contributed by atoms with Crippen LogP contribution in [0.3, 0.4) is 0 Å². The Balaban J connectivity index is 2.17. The Labute approximate surface area is 110 Å². The van der Waals surface area contributed by atoms with E-state index in [4.69, 9.17) is 4.74 Å². The second kappa shape index (κ2) is 8.51. The molecule has 0 N–H and O–H groups in total. The lowest BCUT2D eigenvalue weighted by Gasteiger charge is -2.06. The quantitative estimate of drug-likeness (QED) is 0.386. The van der Waals surface area contributed by atoms with Crippen LogP contribution in [0.1, 0.15) is 49.9 Å². The lowest BCUT2D eigenvalue weighted by molar-refractivity contribution is 0.101. The second-order valence-electron chi connectivity index (χ2n) is 4.35. The predicted molar refractivity (Wildman–Crippen MR) is 75.2 cm³/mol. The first-order chi connectivity index (χ1) is 8.74. The van der Waals surface area contributed by atoms with E-state index < -0.39 is 0 Å². The standard InChI is InChI=1S/C16H22O2/c1-3-4-5-6-7-8-13-18-16-11-9-15(10-12-16)14(2)17/h3-4,9-12H,5-8,13H2,1-2H3/b4-3-. The first kappa shape index (κ1) is 14.5. The summed E-state index contributed by atoms with van der Waals surface area (Å²) in [5.74, 6) is 0.930. The van der Waals surface area contributed by atoms with E-state index >= 15 is 0 Å². The lowest BCUT2D eigenvalue weighted by Crippen LogP contribution is -1.98. The van der Waals surface area contributed by atoms with E-state index in [9.17, 15) is 4.79 Å². The molecule has 1 rings (SSSR count). The van der Waals surface area contributed by atoms with Crippen molar-refractivity contribution in [2.75, 3.05) is 6.61 Å². The molecule has 0 unspecified atom stereocenters. The van der Waals surface area contributed by atoms with Gasteiger partial charge >= 0.3 is 0 Å². The van der Waals surface area contributed by atoms with Gasteiger partial charge in [0.25, 0.3) is 0 Å². The highest BCUT2D eigenvalue weighted by Crippen LogP contribution is 2.13. The van der Waals surface area contributed by atoms with Crippen LogP contribution in [0.15, 0.2) is 36.4 Å². The zero-order valence-corrected chi connectivity index (χ0v) is 11.3. The van der Waals surface area contributed by atoms with E-state index in [0.29, 0.717) is 0 Å². The molecule has 0 aliphatic rings. The maximum Gasteiger partial charge on any atom is 0.159 e. The van der Waals surface area contributed by atoms with Crippen LogP contribution < -0.4 is 4.74 Å². The van der Waals surface area contributed by atoms with Crippen LogP contribution in [0.2, 0.25) is 0 Å². The Morgan fingerprint density at radius 1 is 1.17 bits per heavy atom. The third-order valence-electron chi connectivity index (χ3n) is 2.78. The number of Topliss-reactive ketones (excluding diaryl/α,β-unsaturated/α-hetero) is 1. The molecule has 2 heteroatoms. The topological polar surface area (TPSA) is 26.3 Å². The Kier molecular flexibility index (Phi) is 6.85. The van der Waals surface area contributed by atoms with Gasteiger partial charge in [-0.2, -0.15) is 0 Å². The predicted octanol–water partition coefficient (Wildman–Crippen LogP) is 4.40.